The molecule has 9 heteroatoms. The molecule has 0 bridgehead atoms. The molecule has 1 unspecified atom stereocenters. The summed E-state index contributed by atoms with van der Waals surface area (Å²) in [6.45, 7) is 0.0270. The van der Waals surface area contributed by atoms with Gasteiger partial charge < -0.3 is 28.8 Å². The second kappa shape index (κ2) is 11.8. The average molecular weight is 511 g/mol. The predicted molar refractivity (Wildman–Crippen MR) is 134 cm³/mol. The average Bonchev–Trinajstić information content (AvgIpc) is 3.63. The summed E-state index contributed by atoms with van der Waals surface area (Å²) in [5.74, 6) is -0.0876. The lowest BCUT2D eigenvalue weighted by molar-refractivity contribution is -0.126. The third kappa shape index (κ3) is 5.87. The van der Waals surface area contributed by atoms with Gasteiger partial charge in [0.25, 0.3) is 5.91 Å². The summed E-state index contributed by atoms with van der Waals surface area (Å²) in [5, 5.41) is 3.12. The Bertz CT molecular complexity index is 1180. The first-order valence-electron chi connectivity index (χ1n) is 12.1. The minimum Gasteiger partial charge on any atom is -0.493 e. The van der Waals surface area contributed by atoms with Gasteiger partial charge in [-0.05, 0) is 60.4 Å². The number of nitrogens with zero attached hydrogens (tertiary/aromatic N) is 1. The number of amides is 2. The zero-order valence-corrected chi connectivity index (χ0v) is 21.2. The van der Waals surface area contributed by atoms with Gasteiger partial charge in [0.2, 0.25) is 11.7 Å². The molecule has 8 nitrogen and oxygen atoms in total. The van der Waals surface area contributed by atoms with E-state index < -0.39 is 17.8 Å². The maximum atomic E-state index is 13.9. The molecule has 0 saturated heterocycles. The lowest BCUT2D eigenvalue weighted by atomic mass is 10.0. The number of halogens is 1. The number of carbonyl (C=O) groups is 2. The monoisotopic (exact) mass is 510 g/mol. The lowest BCUT2D eigenvalue weighted by Crippen LogP contribution is -2.45. The third-order valence-electron chi connectivity index (χ3n) is 6.52. The van der Waals surface area contributed by atoms with Crippen LogP contribution in [0.1, 0.15) is 53.4 Å². The van der Waals surface area contributed by atoms with Gasteiger partial charge in [-0.25, -0.2) is 4.39 Å². The summed E-state index contributed by atoms with van der Waals surface area (Å²) in [6, 6.07) is 11.2. The van der Waals surface area contributed by atoms with Crippen molar-refractivity contribution in [3.05, 3.63) is 77.5 Å². The highest BCUT2D eigenvalue weighted by atomic mass is 19.1. The van der Waals surface area contributed by atoms with E-state index in [1.807, 2.05) is 0 Å². The minimum absolute atomic E-state index is 0.0171. The van der Waals surface area contributed by atoms with Crippen molar-refractivity contribution in [3.8, 4) is 17.2 Å². The predicted octanol–water partition coefficient (Wildman–Crippen LogP) is 4.89. The maximum absolute atomic E-state index is 13.9. The van der Waals surface area contributed by atoms with E-state index >= 15 is 0 Å². The molecule has 1 aliphatic rings. The van der Waals surface area contributed by atoms with E-state index in [1.165, 1.54) is 44.6 Å². The number of furan rings is 1. The van der Waals surface area contributed by atoms with E-state index in [4.69, 9.17) is 18.6 Å². The maximum Gasteiger partial charge on any atom is 0.290 e. The molecule has 2 aromatic carbocycles. The molecular formula is C28H31FN2O6. The summed E-state index contributed by atoms with van der Waals surface area (Å²) in [7, 11) is 4.46. The zero-order valence-electron chi connectivity index (χ0n) is 21.2. The number of ether oxygens (including phenoxy) is 3. The summed E-state index contributed by atoms with van der Waals surface area (Å²) < 4.78 is 35.5. The lowest BCUT2D eigenvalue weighted by Gasteiger charge is -2.32. The number of methoxy groups -OCH3 is 3. The molecule has 1 aliphatic carbocycles. The molecule has 196 valence electrons. The highest BCUT2D eigenvalue weighted by Crippen LogP contribution is 2.41. The third-order valence-corrected chi connectivity index (χ3v) is 6.52. The first-order chi connectivity index (χ1) is 17.9. The summed E-state index contributed by atoms with van der Waals surface area (Å²) in [6.07, 6.45) is 5.21. The second-order valence-corrected chi connectivity index (χ2v) is 8.89. The Morgan fingerprint density at radius 3 is 2.22 bits per heavy atom. The van der Waals surface area contributed by atoms with Crippen LogP contribution in [-0.2, 0) is 11.3 Å². The molecule has 1 fully saturated rings. The molecule has 1 saturated carbocycles. The van der Waals surface area contributed by atoms with Gasteiger partial charge in [0.1, 0.15) is 11.9 Å². The van der Waals surface area contributed by atoms with Crippen molar-refractivity contribution in [2.45, 2.75) is 44.3 Å². The molecule has 1 N–H and O–H groups in total. The van der Waals surface area contributed by atoms with Crippen LogP contribution in [-0.4, -0.2) is 44.1 Å². The number of hydrogen-bond acceptors (Lipinski definition) is 6. The Morgan fingerprint density at radius 2 is 1.68 bits per heavy atom. The fourth-order valence-corrected chi connectivity index (χ4v) is 4.69. The molecule has 0 spiro atoms. The van der Waals surface area contributed by atoms with E-state index in [9.17, 15) is 14.0 Å². The normalized spacial score (nSPS) is 14.2. The molecule has 0 aliphatic heterocycles. The molecule has 1 atom stereocenters. The molecule has 4 rings (SSSR count). The van der Waals surface area contributed by atoms with E-state index in [1.54, 1.807) is 36.4 Å². The van der Waals surface area contributed by atoms with Gasteiger partial charge >= 0.3 is 0 Å². The molecule has 0 radical (unpaired) electrons. The Hall–Kier alpha value is -4.01. The Kier molecular flexibility index (Phi) is 8.32. The van der Waals surface area contributed by atoms with Gasteiger partial charge in [-0.1, -0.05) is 25.0 Å². The van der Waals surface area contributed by atoms with E-state index in [0.717, 1.165) is 25.7 Å². The van der Waals surface area contributed by atoms with Crippen molar-refractivity contribution >= 4 is 11.8 Å². The van der Waals surface area contributed by atoms with Crippen LogP contribution < -0.4 is 19.5 Å². The Balaban J connectivity index is 1.84. The minimum atomic E-state index is -1.07. The van der Waals surface area contributed by atoms with Crippen LogP contribution in [0.25, 0.3) is 0 Å². The SMILES string of the molecule is COc1cc(C(C(=O)NC2CCCC2)N(Cc2ccc(F)cc2)C(=O)c2ccco2)cc(OC)c1OC. The second-order valence-electron chi connectivity index (χ2n) is 8.89. The standard InChI is InChI=1S/C28H31FN2O6/c1-34-23-15-19(16-24(35-2)26(23)36-3)25(27(32)30-21-7-4-5-8-21)31(28(33)22-9-6-14-37-22)17-18-10-12-20(29)13-11-18/h6,9-16,21,25H,4-5,7-8,17H2,1-3H3,(H,30,32). The topological polar surface area (TPSA) is 90.2 Å². The van der Waals surface area contributed by atoms with Crippen LogP contribution in [0.2, 0.25) is 0 Å². The number of benzene rings is 2. The molecule has 1 aromatic heterocycles. The summed E-state index contributed by atoms with van der Waals surface area (Å²) in [5.41, 5.74) is 1.11. The summed E-state index contributed by atoms with van der Waals surface area (Å²) >= 11 is 0. The van der Waals surface area contributed by atoms with Crippen LogP contribution >= 0.6 is 0 Å². The summed E-state index contributed by atoms with van der Waals surface area (Å²) in [4.78, 5) is 29.1. The van der Waals surface area contributed by atoms with Gasteiger partial charge in [-0.15, -0.1) is 0 Å². The van der Waals surface area contributed by atoms with Gasteiger partial charge in [-0.3, -0.25) is 9.59 Å². The highest BCUT2D eigenvalue weighted by Gasteiger charge is 2.36. The van der Waals surface area contributed by atoms with Crippen molar-refractivity contribution in [2.24, 2.45) is 0 Å². The van der Waals surface area contributed by atoms with Gasteiger partial charge in [0.15, 0.2) is 17.3 Å². The van der Waals surface area contributed by atoms with Crippen molar-refractivity contribution in [2.75, 3.05) is 21.3 Å². The number of hydrogen-bond donors (Lipinski definition) is 1. The molecule has 37 heavy (non-hydrogen) atoms. The molecule has 2 amide bonds. The van der Waals surface area contributed by atoms with Gasteiger partial charge in [0.05, 0.1) is 27.6 Å². The number of nitrogens with one attached hydrogen (secondary N) is 1. The van der Waals surface area contributed by atoms with Crippen LogP contribution in [0, 0.1) is 5.82 Å². The van der Waals surface area contributed by atoms with E-state index in [-0.39, 0.29) is 24.3 Å². The van der Waals surface area contributed by atoms with E-state index in [0.29, 0.717) is 28.4 Å². The van der Waals surface area contributed by atoms with Crippen molar-refractivity contribution in [3.63, 3.8) is 0 Å². The zero-order chi connectivity index (χ0) is 26.4. The number of carbonyl (C=O) groups excluding carboxylic acids is 2. The van der Waals surface area contributed by atoms with Crippen LogP contribution in [0.15, 0.2) is 59.2 Å². The van der Waals surface area contributed by atoms with E-state index in [2.05, 4.69) is 5.32 Å². The van der Waals surface area contributed by atoms with Gasteiger partial charge in [-0.2, -0.15) is 0 Å². The Labute approximate surface area is 215 Å². The van der Waals surface area contributed by atoms with Crippen LogP contribution in [0.3, 0.4) is 0 Å². The first-order valence-corrected chi connectivity index (χ1v) is 12.1. The highest BCUT2D eigenvalue weighted by molar-refractivity contribution is 5.96. The first kappa shape index (κ1) is 26.1. The van der Waals surface area contributed by atoms with Crippen molar-refractivity contribution < 1.29 is 32.6 Å². The fraction of sp³-hybridized carbons (Fsp3) is 0.357. The molecular weight excluding hydrogens is 479 g/mol. The Morgan fingerprint density at radius 1 is 1.03 bits per heavy atom. The quantitative estimate of drug-likeness (QED) is 0.418. The smallest absolute Gasteiger partial charge is 0.290 e. The fourth-order valence-electron chi connectivity index (χ4n) is 4.69. The van der Waals surface area contributed by atoms with Gasteiger partial charge in [0, 0.05) is 12.6 Å². The molecule has 3 aromatic rings. The van der Waals surface area contributed by atoms with Crippen LogP contribution in [0.4, 0.5) is 4.39 Å². The number of rotatable bonds is 10. The van der Waals surface area contributed by atoms with Crippen LogP contribution in [0.5, 0.6) is 17.2 Å². The molecule has 1 heterocycles. The van der Waals surface area contributed by atoms with Crippen molar-refractivity contribution in [1.29, 1.82) is 0 Å². The largest absolute Gasteiger partial charge is 0.493 e. The van der Waals surface area contributed by atoms with Crippen molar-refractivity contribution in [1.82, 2.24) is 10.2 Å².